The zero-order valence-corrected chi connectivity index (χ0v) is 17.9. The fourth-order valence-corrected chi connectivity index (χ4v) is 5.54. The van der Waals surface area contributed by atoms with Crippen molar-refractivity contribution in [2.75, 3.05) is 13.3 Å². The SMILES string of the molecule is Cc1cn(CC(=O)OC2C(O)C=C3CCN4Cc5cc6c(cc5C2C34)OCO6)c(=O)[nH]c1=O. The van der Waals surface area contributed by atoms with Crippen LogP contribution in [0.25, 0.3) is 0 Å². The highest BCUT2D eigenvalue weighted by atomic mass is 16.7. The number of aromatic nitrogens is 2. The minimum absolute atomic E-state index is 0.0251. The average molecular weight is 453 g/mol. The summed E-state index contributed by atoms with van der Waals surface area (Å²) in [5, 5.41) is 11.0. The van der Waals surface area contributed by atoms with Crippen LogP contribution >= 0.6 is 0 Å². The van der Waals surface area contributed by atoms with Gasteiger partial charge in [0, 0.05) is 36.8 Å². The third-order valence-electron chi connectivity index (χ3n) is 7.00. The third kappa shape index (κ3) is 3.20. The molecule has 4 atom stereocenters. The van der Waals surface area contributed by atoms with E-state index in [1.54, 1.807) is 13.0 Å². The van der Waals surface area contributed by atoms with E-state index in [-0.39, 0.29) is 25.3 Å². The first-order valence-electron chi connectivity index (χ1n) is 10.9. The third-order valence-corrected chi connectivity index (χ3v) is 7.00. The van der Waals surface area contributed by atoms with Crippen LogP contribution < -0.4 is 20.7 Å². The number of aliphatic hydroxyl groups is 1. The second-order valence-corrected chi connectivity index (χ2v) is 8.98. The van der Waals surface area contributed by atoms with Crippen LogP contribution in [0.4, 0.5) is 0 Å². The summed E-state index contributed by atoms with van der Waals surface area (Å²) in [6.07, 6.45) is 2.17. The molecule has 0 bridgehead atoms. The Labute approximate surface area is 188 Å². The lowest BCUT2D eigenvalue weighted by Crippen LogP contribution is -2.51. The second-order valence-electron chi connectivity index (χ2n) is 8.98. The smallest absolute Gasteiger partial charge is 0.328 e. The predicted octanol–water partition coefficient (Wildman–Crippen LogP) is 0.158. The van der Waals surface area contributed by atoms with E-state index >= 15 is 0 Å². The Morgan fingerprint density at radius 2 is 2.06 bits per heavy atom. The Kier molecular flexibility index (Phi) is 4.49. The molecule has 0 saturated carbocycles. The molecule has 33 heavy (non-hydrogen) atoms. The number of esters is 1. The average Bonchev–Trinajstić information content (AvgIpc) is 3.39. The summed E-state index contributed by atoms with van der Waals surface area (Å²) < 4.78 is 18.0. The lowest BCUT2D eigenvalue weighted by atomic mass is 9.73. The number of aryl methyl sites for hydroxylation is 1. The number of nitrogens with one attached hydrogen (secondary N) is 1. The van der Waals surface area contributed by atoms with Crippen LogP contribution in [0, 0.1) is 6.92 Å². The summed E-state index contributed by atoms with van der Waals surface area (Å²) in [7, 11) is 0. The largest absolute Gasteiger partial charge is 0.457 e. The molecule has 0 spiro atoms. The van der Waals surface area contributed by atoms with Gasteiger partial charge in [0.1, 0.15) is 18.8 Å². The Morgan fingerprint density at radius 1 is 1.27 bits per heavy atom. The van der Waals surface area contributed by atoms with Crippen molar-refractivity contribution in [3.05, 3.63) is 67.5 Å². The number of carbonyl (C=O) groups is 1. The Balaban J connectivity index is 1.35. The maximum atomic E-state index is 12.9. The molecule has 0 amide bonds. The molecule has 2 aromatic rings. The number of aliphatic hydroxyl groups excluding tert-OH is 1. The molecule has 4 unspecified atom stereocenters. The van der Waals surface area contributed by atoms with Gasteiger partial charge in [0.25, 0.3) is 5.56 Å². The van der Waals surface area contributed by atoms with E-state index in [1.807, 2.05) is 12.1 Å². The lowest BCUT2D eigenvalue weighted by Gasteiger charge is -2.45. The van der Waals surface area contributed by atoms with E-state index in [2.05, 4.69) is 9.88 Å². The molecule has 1 aliphatic carbocycles. The van der Waals surface area contributed by atoms with Gasteiger partial charge in [-0.1, -0.05) is 11.6 Å². The van der Waals surface area contributed by atoms with Crippen LogP contribution in [-0.4, -0.2) is 57.1 Å². The van der Waals surface area contributed by atoms with Crippen LogP contribution in [-0.2, 0) is 22.6 Å². The van der Waals surface area contributed by atoms with Gasteiger partial charge in [0.15, 0.2) is 11.5 Å². The number of benzene rings is 1. The standard InChI is InChI=1S/C23H23N3O7/c1-11-7-26(23(30)24-22(11)29)9-18(28)33-21-15(27)4-12-2-3-25-8-13-5-16-17(32-10-31-16)6-14(13)19(21)20(12)25/h4-7,15,19-21,27H,2-3,8-10H2,1H3,(H,24,29,30). The number of nitrogens with zero attached hydrogens (tertiary/aromatic N) is 2. The van der Waals surface area contributed by atoms with Crippen LogP contribution in [0.3, 0.4) is 0 Å². The number of H-pyrrole nitrogens is 1. The zero-order valence-electron chi connectivity index (χ0n) is 17.9. The van der Waals surface area contributed by atoms with E-state index in [0.717, 1.165) is 40.8 Å². The number of ether oxygens (including phenoxy) is 3. The molecule has 6 rings (SSSR count). The van der Waals surface area contributed by atoms with E-state index < -0.39 is 29.4 Å². The number of fused-ring (bicyclic) bond motifs is 3. The molecule has 2 N–H and O–H groups in total. The molecule has 10 heteroatoms. The predicted molar refractivity (Wildman–Crippen MR) is 114 cm³/mol. The molecule has 0 radical (unpaired) electrons. The van der Waals surface area contributed by atoms with Crippen LogP contribution in [0.15, 0.2) is 39.6 Å². The topological polar surface area (TPSA) is 123 Å². The molecule has 1 saturated heterocycles. The van der Waals surface area contributed by atoms with Gasteiger partial charge in [0.2, 0.25) is 6.79 Å². The summed E-state index contributed by atoms with van der Waals surface area (Å²) in [6.45, 7) is 2.95. The van der Waals surface area contributed by atoms with Gasteiger partial charge in [-0.2, -0.15) is 0 Å². The quantitative estimate of drug-likeness (QED) is 0.498. The number of rotatable bonds is 3. The first-order chi connectivity index (χ1) is 15.9. The summed E-state index contributed by atoms with van der Waals surface area (Å²) in [4.78, 5) is 41.1. The first-order valence-corrected chi connectivity index (χ1v) is 10.9. The van der Waals surface area contributed by atoms with Crippen molar-refractivity contribution < 1.29 is 24.1 Å². The molecule has 4 heterocycles. The maximum absolute atomic E-state index is 12.9. The fraction of sp³-hybridized carbons (Fsp3) is 0.435. The molecule has 1 fully saturated rings. The van der Waals surface area contributed by atoms with Crippen LogP contribution in [0.2, 0.25) is 0 Å². The highest BCUT2D eigenvalue weighted by Gasteiger charge is 2.50. The Bertz CT molecular complexity index is 1310. The molecule has 172 valence electrons. The van der Waals surface area contributed by atoms with Gasteiger partial charge in [-0.3, -0.25) is 24.0 Å². The highest BCUT2D eigenvalue weighted by molar-refractivity contribution is 5.70. The lowest BCUT2D eigenvalue weighted by molar-refractivity contribution is -0.158. The number of hydrogen-bond acceptors (Lipinski definition) is 8. The van der Waals surface area contributed by atoms with Gasteiger partial charge in [-0.15, -0.1) is 0 Å². The van der Waals surface area contributed by atoms with Crippen molar-refractivity contribution in [3.8, 4) is 11.5 Å². The normalized spacial score (nSPS) is 27.0. The minimum Gasteiger partial charge on any atom is -0.457 e. The summed E-state index contributed by atoms with van der Waals surface area (Å²) in [6, 6.07) is 3.93. The van der Waals surface area contributed by atoms with Crippen molar-refractivity contribution in [2.45, 2.75) is 50.6 Å². The Hall–Kier alpha value is -3.37. The molecule has 1 aromatic heterocycles. The summed E-state index contributed by atoms with van der Waals surface area (Å²) in [5.74, 6) is 0.395. The van der Waals surface area contributed by atoms with Gasteiger partial charge >= 0.3 is 11.7 Å². The maximum Gasteiger partial charge on any atom is 0.328 e. The van der Waals surface area contributed by atoms with Crippen molar-refractivity contribution in [2.24, 2.45) is 0 Å². The second kappa shape index (κ2) is 7.32. The number of carbonyl (C=O) groups excluding carboxylic acids is 1. The molecule has 1 aromatic carbocycles. The van der Waals surface area contributed by atoms with Crippen LogP contribution in [0.1, 0.15) is 29.0 Å². The van der Waals surface area contributed by atoms with E-state index in [4.69, 9.17) is 14.2 Å². The van der Waals surface area contributed by atoms with Crippen molar-refractivity contribution in [1.29, 1.82) is 0 Å². The molecule has 3 aliphatic heterocycles. The number of aromatic amines is 1. The van der Waals surface area contributed by atoms with E-state index in [9.17, 15) is 19.5 Å². The minimum atomic E-state index is -0.976. The van der Waals surface area contributed by atoms with E-state index in [1.165, 1.54) is 6.20 Å². The Morgan fingerprint density at radius 3 is 2.88 bits per heavy atom. The van der Waals surface area contributed by atoms with Gasteiger partial charge in [-0.05, 0) is 36.6 Å². The van der Waals surface area contributed by atoms with Crippen molar-refractivity contribution in [1.82, 2.24) is 14.5 Å². The zero-order chi connectivity index (χ0) is 22.9. The molecule has 10 nitrogen and oxygen atoms in total. The molecular weight excluding hydrogens is 430 g/mol. The summed E-state index contributed by atoms with van der Waals surface area (Å²) >= 11 is 0. The van der Waals surface area contributed by atoms with Crippen molar-refractivity contribution in [3.63, 3.8) is 0 Å². The van der Waals surface area contributed by atoms with Gasteiger partial charge < -0.3 is 19.3 Å². The van der Waals surface area contributed by atoms with E-state index in [0.29, 0.717) is 17.1 Å². The first kappa shape index (κ1) is 20.3. The van der Waals surface area contributed by atoms with Gasteiger partial charge in [-0.25, -0.2) is 4.79 Å². The van der Waals surface area contributed by atoms with Crippen molar-refractivity contribution >= 4 is 5.97 Å². The highest BCUT2D eigenvalue weighted by Crippen LogP contribution is 2.50. The summed E-state index contributed by atoms with van der Waals surface area (Å²) in [5.41, 5.74) is 2.31. The molecular formula is C23H23N3O7. The number of hydrogen-bond donors (Lipinski definition) is 2. The molecule has 4 aliphatic rings. The monoisotopic (exact) mass is 453 g/mol. The fourth-order valence-electron chi connectivity index (χ4n) is 5.54. The van der Waals surface area contributed by atoms with Crippen LogP contribution in [0.5, 0.6) is 11.5 Å². The van der Waals surface area contributed by atoms with Gasteiger partial charge in [0.05, 0.1) is 0 Å².